The molecule has 0 spiro atoms. The fraction of sp³-hybridized carbons (Fsp3) is 0.610. The third kappa shape index (κ3) is 10.6. The van der Waals surface area contributed by atoms with Crippen molar-refractivity contribution in [3.05, 3.63) is 59.2 Å². The lowest BCUT2D eigenvalue weighted by Gasteiger charge is -2.38. The molecule has 2 aromatic rings. The van der Waals surface area contributed by atoms with Gasteiger partial charge in [-0.05, 0) is 127 Å². The standard InChI is InChI=1S/C41H58N6O6S/c1-41(2,3)53-40(51)42-34-16-22-47(23-17-34)54(52)36-7-5-6-35(25-36)46-20-12-29(13-21-46)26-45-18-14-30(15-19-45)31-8-9-32(28-48)33(24-31)27-44(4)37-10-11-38(49)43-39(37)50/h5-9,24-25,28-30,34,37H,10-23,26-27H2,1-4H3,(H,42,51)(H,43,49,50). The maximum Gasteiger partial charge on any atom is 0.407 e. The number of alkyl carbamates (subject to hydrolysis) is 1. The minimum atomic E-state index is -1.25. The first-order valence-corrected chi connectivity index (χ1v) is 20.8. The summed E-state index contributed by atoms with van der Waals surface area (Å²) >= 11 is 0. The highest BCUT2D eigenvalue weighted by molar-refractivity contribution is 7.82. The summed E-state index contributed by atoms with van der Waals surface area (Å²) in [5, 5.41) is 5.40. The Balaban J connectivity index is 0.939. The molecular formula is C41H58N6O6S. The van der Waals surface area contributed by atoms with E-state index in [1.807, 2.05) is 55.2 Å². The number of likely N-dealkylation sites (N-methyl/N-ethyl adjacent to an activating group) is 1. The molecule has 4 saturated heterocycles. The SMILES string of the molecule is CN(Cc1cc(C2CCN(CC3CCN(c4cccc(S(=O)N5CCC(NC(=O)OC(C)(C)C)CC5)c4)CC3)CC2)ccc1C=O)C1CCC(=O)NC1=O. The molecule has 3 amide bonds. The first-order valence-electron chi connectivity index (χ1n) is 19.7. The van der Waals surface area contributed by atoms with Crippen LogP contribution in [-0.2, 0) is 31.9 Å². The van der Waals surface area contributed by atoms with Crippen molar-refractivity contribution in [2.24, 2.45) is 5.92 Å². The van der Waals surface area contributed by atoms with Crippen molar-refractivity contribution in [1.29, 1.82) is 0 Å². The fourth-order valence-electron chi connectivity index (χ4n) is 8.38. The highest BCUT2D eigenvalue weighted by Crippen LogP contribution is 2.32. The molecule has 6 rings (SSSR count). The molecule has 4 aliphatic rings. The number of carbonyl (C=O) groups is 4. The number of carbonyl (C=O) groups excluding carboxylic acids is 4. The molecule has 0 bridgehead atoms. The van der Waals surface area contributed by atoms with Crippen molar-refractivity contribution in [3.8, 4) is 0 Å². The molecule has 12 nitrogen and oxygen atoms in total. The van der Waals surface area contributed by atoms with Crippen LogP contribution in [0.3, 0.4) is 0 Å². The van der Waals surface area contributed by atoms with Crippen molar-refractivity contribution in [1.82, 2.24) is 24.7 Å². The Hall–Kier alpha value is -3.65. The summed E-state index contributed by atoms with van der Waals surface area (Å²) in [4.78, 5) is 55.9. The molecule has 0 saturated carbocycles. The Kier molecular flexibility index (Phi) is 13.2. The number of hydrogen-bond acceptors (Lipinski definition) is 9. The normalized spacial score (nSPS) is 22.2. The minimum absolute atomic E-state index is 0.0226. The van der Waals surface area contributed by atoms with Gasteiger partial charge >= 0.3 is 6.09 Å². The number of rotatable bonds is 11. The molecule has 4 fully saturated rings. The van der Waals surface area contributed by atoms with E-state index in [0.29, 0.717) is 49.9 Å². The molecule has 0 aliphatic carbocycles. The topological polar surface area (TPSA) is 132 Å². The summed E-state index contributed by atoms with van der Waals surface area (Å²) < 4.78 is 21.0. The van der Waals surface area contributed by atoms with Crippen molar-refractivity contribution in [2.75, 3.05) is 57.8 Å². The Morgan fingerprint density at radius 1 is 0.963 bits per heavy atom. The molecule has 4 aliphatic heterocycles. The number of aldehydes is 1. The van der Waals surface area contributed by atoms with Crippen molar-refractivity contribution < 1.29 is 28.1 Å². The number of anilines is 1. The van der Waals surface area contributed by atoms with Crippen LogP contribution in [0.25, 0.3) is 0 Å². The molecule has 2 unspecified atom stereocenters. The number of ether oxygens (including phenoxy) is 1. The molecule has 0 radical (unpaired) electrons. The molecule has 2 atom stereocenters. The number of benzene rings is 2. The Labute approximate surface area is 322 Å². The summed E-state index contributed by atoms with van der Waals surface area (Å²) in [6, 6.07) is 14.0. The summed E-state index contributed by atoms with van der Waals surface area (Å²) in [5.41, 5.74) is 3.42. The molecule has 13 heteroatoms. The highest BCUT2D eigenvalue weighted by atomic mass is 32.2. The third-order valence-corrected chi connectivity index (χ3v) is 12.9. The average molecular weight is 763 g/mol. The molecule has 4 heterocycles. The predicted octanol–water partition coefficient (Wildman–Crippen LogP) is 4.84. The van der Waals surface area contributed by atoms with Gasteiger partial charge in [-0.25, -0.2) is 13.3 Å². The van der Waals surface area contributed by atoms with E-state index in [9.17, 15) is 23.4 Å². The smallest absolute Gasteiger partial charge is 0.407 e. The molecule has 0 aromatic heterocycles. The van der Waals surface area contributed by atoms with Gasteiger partial charge in [-0.3, -0.25) is 24.6 Å². The summed E-state index contributed by atoms with van der Waals surface area (Å²) in [7, 11) is 0.627. The van der Waals surface area contributed by atoms with Crippen LogP contribution in [0.1, 0.15) is 99.5 Å². The lowest BCUT2D eigenvalue weighted by atomic mass is 9.86. The lowest BCUT2D eigenvalue weighted by molar-refractivity contribution is -0.137. The van der Waals surface area contributed by atoms with Crippen LogP contribution in [0.15, 0.2) is 47.4 Å². The zero-order valence-electron chi connectivity index (χ0n) is 32.4. The van der Waals surface area contributed by atoms with Gasteiger partial charge in [0.15, 0.2) is 0 Å². The molecule has 2 N–H and O–H groups in total. The van der Waals surface area contributed by atoms with Crippen LogP contribution >= 0.6 is 0 Å². The van der Waals surface area contributed by atoms with Gasteiger partial charge in [0.05, 0.1) is 10.9 Å². The minimum Gasteiger partial charge on any atom is -0.444 e. The second-order valence-electron chi connectivity index (χ2n) is 16.6. The van der Waals surface area contributed by atoms with E-state index in [1.165, 1.54) is 5.56 Å². The summed E-state index contributed by atoms with van der Waals surface area (Å²) in [5.74, 6) is 0.585. The Morgan fingerprint density at radius 3 is 2.35 bits per heavy atom. The number of amides is 3. The quantitative estimate of drug-likeness (QED) is 0.244. The van der Waals surface area contributed by atoms with E-state index in [-0.39, 0.29) is 23.9 Å². The average Bonchev–Trinajstić information content (AvgIpc) is 3.14. The van der Waals surface area contributed by atoms with Crippen molar-refractivity contribution in [2.45, 2.75) is 107 Å². The maximum atomic E-state index is 13.6. The second-order valence-corrected chi connectivity index (χ2v) is 18.0. The number of piperidine rings is 4. The Morgan fingerprint density at radius 2 is 1.69 bits per heavy atom. The Bertz CT molecular complexity index is 1670. The number of hydrogen-bond donors (Lipinski definition) is 2. The fourth-order valence-corrected chi connectivity index (χ4v) is 9.64. The maximum absolute atomic E-state index is 13.6. The van der Waals surface area contributed by atoms with Gasteiger partial charge in [-0.15, -0.1) is 0 Å². The second kappa shape index (κ2) is 17.9. The summed E-state index contributed by atoms with van der Waals surface area (Å²) in [6.45, 7) is 12.5. The number of nitrogens with one attached hydrogen (secondary N) is 2. The van der Waals surface area contributed by atoms with Gasteiger partial charge in [0.1, 0.15) is 22.9 Å². The van der Waals surface area contributed by atoms with Gasteiger partial charge in [-0.1, -0.05) is 24.3 Å². The largest absolute Gasteiger partial charge is 0.444 e. The van der Waals surface area contributed by atoms with Crippen molar-refractivity contribution in [3.63, 3.8) is 0 Å². The predicted molar refractivity (Wildman–Crippen MR) is 210 cm³/mol. The van der Waals surface area contributed by atoms with E-state index >= 15 is 0 Å². The van der Waals surface area contributed by atoms with Crippen LogP contribution in [0.5, 0.6) is 0 Å². The molecule has 2 aromatic carbocycles. The van der Waals surface area contributed by atoms with Crippen LogP contribution in [0, 0.1) is 5.92 Å². The van der Waals surface area contributed by atoms with Crippen LogP contribution < -0.4 is 15.5 Å². The number of imide groups is 1. The highest BCUT2D eigenvalue weighted by Gasteiger charge is 2.31. The first-order chi connectivity index (χ1) is 25.8. The number of likely N-dealkylation sites (tertiary alicyclic amines) is 1. The van der Waals surface area contributed by atoms with Gasteiger partial charge in [0, 0.05) is 63.0 Å². The van der Waals surface area contributed by atoms with Gasteiger partial charge in [0.25, 0.3) is 0 Å². The van der Waals surface area contributed by atoms with E-state index in [1.54, 1.807) is 0 Å². The summed E-state index contributed by atoms with van der Waals surface area (Å²) in [6.07, 6.45) is 7.18. The number of nitrogens with zero attached hydrogens (tertiary/aromatic N) is 4. The molecule has 54 heavy (non-hydrogen) atoms. The van der Waals surface area contributed by atoms with Gasteiger partial charge in [-0.2, -0.15) is 0 Å². The van der Waals surface area contributed by atoms with E-state index in [2.05, 4.69) is 44.7 Å². The van der Waals surface area contributed by atoms with Crippen LogP contribution in [-0.4, -0.2) is 113 Å². The van der Waals surface area contributed by atoms with Crippen LogP contribution in [0.2, 0.25) is 0 Å². The monoisotopic (exact) mass is 762 g/mol. The van der Waals surface area contributed by atoms with Gasteiger partial charge < -0.3 is 19.9 Å². The third-order valence-electron chi connectivity index (χ3n) is 11.4. The zero-order chi connectivity index (χ0) is 38.4. The van der Waals surface area contributed by atoms with E-state index in [4.69, 9.17) is 4.74 Å². The lowest BCUT2D eigenvalue weighted by Crippen LogP contribution is -2.51. The van der Waals surface area contributed by atoms with Gasteiger partial charge in [0.2, 0.25) is 11.8 Å². The van der Waals surface area contributed by atoms with E-state index < -0.39 is 22.7 Å². The van der Waals surface area contributed by atoms with Crippen LogP contribution in [0.4, 0.5) is 10.5 Å². The molecular weight excluding hydrogens is 705 g/mol. The molecule has 294 valence electrons. The van der Waals surface area contributed by atoms with Crippen molar-refractivity contribution >= 4 is 40.9 Å². The van der Waals surface area contributed by atoms with E-state index in [0.717, 1.165) is 93.7 Å². The first kappa shape index (κ1) is 40.0. The zero-order valence-corrected chi connectivity index (χ0v) is 33.2.